The van der Waals surface area contributed by atoms with Gasteiger partial charge in [-0.25, -0.2) is 4.79 Å². The van der Waals surface area contributed by atoms with Gasteiger partial charge in [0.1, 0.15) is 4.32 Å². The minimum atomic E-state index is -0.532. The minimum absolute atomic E-state index is 0.176. The molecule has 1 fully saturated rings. The van der Waals surface area contributed by atoms with Gasteiger partial charge in [0, 0.05) is 27.2 Å². The first-order valence-electron chi connectivity index (χ1n) is 6.77. The van der Waals surface area contributed by atoms with Crippen molar-refractivity contribution in [1.82, 2.24) is 14.0 Å². The van der Waals surface area contributed by atoms with Crippen LogP contribution < -0.4 is 5.69 Å². The number of thioether (sulfide) groups is 1. The van der Waals surface area contributed by atoms with Gasteiger partial charge in [-0.2, -0.15) is 0 Å². The van der Waals surface area contributed by atoms with Crippen LogP contribution in [0.3, 0.4) is 0 Å². The summed E-state index contributed by atoms with van der Waals surface area (Å²) in [6, 6.07) is 2.88. The zero-order valence-corrected chi connectivity index (χ0v) is 14.6. The van der Waals surface area contributed by atoms with Crippen LogP contribution in [0.2, 0.25) is 0 Å². The Balaban J connectivity index is 2.28. The smallest absolute Gasteiger partial charge is 0.296 e. The summed E-state index contributed by atoms with van der Waals surface area (Å²) in [6.45, 7) is 0. The Kier molecular flexibility index (Phi) is 3.80. The van der Waals surface area contributed by atoms with Crippen molar-refractivity contribution in [1.29, 1.82) is 0 Å². The van der Waals surface area contributed by atoms with Gasteiger partial charge in [0.2, 0.25) is 0 Å². The van der Waals surface area contributed by atoms with Gasteiger partial charge >= 0.3 is 5.69 Å². The maximum absolute atomic E-state index is 12.1. The highest BCUT2D eigenvalue weighted by molar-refractivity contribution is 8.26. The molecule has 0 spiro atoms. The molecule has 1 aliphatic heterocycles. The Morgan fingerprint density at radius 2 is 1.75 bits per heavy atom. The number of aromatic nitrogens is 2. The van der Waals surface area contributed by atoms with Crippen molar-refractivity contribution in [2.24, 2.45) is 14.1 Å². The molecule has 0 saturated carbocycles. The van der Waals surface area contributed by atoms with E-state index < -0.39 is 4.92 Å². The summed E-state index contributed by atoms with van der Waals surface area (Å²) in [6.07, 6.45) is 1.44. The van der Waals surface area contributed by atoms with Crippen LogP contribution in [0.4, 0.5) is 5.69 Å². The number of nitro groups is 1. The van der Waals surface area contributed by atoms with E-state index in [-0.39, 0.29) is 22.8 Å². The number of aryl methyl sites for hydroxylation is 2. The number of benzene rings is 1. The van der Waals surface area contributed by atoms with Crippen LogP contribution in [0.1, 0.15) is 5.56 Å². The maximum atomic E-state index is 12.1. The standard InChI is InChI=1S/C14H12N4O4S2/c1-15-9-4-7(5-11-12(19)17(3)14(23)24-11)8(18(21)22)6-10(9)16(2)13(15)20/h4-6H,1-3H3/b11-5+. The normalized spacial score (nSPS) is 16.6. The van der Waals surface area contributed by atoms with Gasteiger partial charge in [-0.05, 0) is 12.1 Å². The van der Waals surface area contributed by atoms with E-state index >= 15 is 0 Å². The Bertz CT molecular complexity index is 1020. The number of imidazole rings is 1. The molecule has 0 N–H and O–H groups in total. The molecule has 1 amide bonds. The molecule has 124 valence electrons. The number of thiocarbonyl (C=S) groups is 1. The number of carbonyl (C=O) groups excluding carboxylic acids is 1. The van der Waals surface area contributed by atoms with Gasteiger partial charge in [-0.1, -0.05) is 24.0 Å². The number of likely N-dealkylation sites (N-methyl/N-ethyl adjacent to an activating group) is 1. The number of nitro benzene ring substituents is 1. The van der Waals surface area contributed by atoms with Crippen molar-refractivity contribution in [2.75, 3.05) is 7.05 Å². The first kappa shape index (κ1) is 16.4. The molecule has 1 aromatic carbocycles. The summed E-state index contributed by atoms with van der Waals surface area (Å²) >= 11 is 6.15. The molecule has 3 rings (SSSR count). The molecule has 2 aromatic rings. The van der Waals surface area contributed by atoms with E-state index in [0.717, 1.165) is 11.8 Å². The molecule has 1 aromatic heterocycles. The van der Waals surface area contributed by atoms with E-state index in [1.165, 1.54) is 32.2 Å². The molecular formula is C14H12N4O4S2. The van der Waals surface area contributed by atoms with Gasteiger partial charge in [-0.15, -0.1) is 0 Å². The first-order chi connectivity index (χ1) is 11.2. The van der Waals surface area contributed by atoms with Crippen LogP contribution in [0.15, 0.2) is 21.8 Å². The average Bonchev–Trinajstić information content (AvgIpc) is 2.90. The SMILES string of the molecule is CN1C(=O)/C(=C\c2cc3c(cc2[N+](=O)[O-])n(C)c(=O)n3C)SC1=S. The third-order valence-corrected chi connectivity index (χ3v) is 5.37. The van der Waals surface area contributed by atoms with E-state index in [2.05, 4.69) is 0 Å². The predicted molar refractivity (Wildman–Crippen MR) is 95.8 cm³/mol. The number of fused-ring (bicyclic) bond motifs is 1. The van der Waals surface area contributed by atoms with Crippen molar-refractivity contribution in [2.45, 2.75) is 0 Å². The Hall–Kier alpha value is -2.46. The third kappa shape index (κ3) is 2.34. The van der Waals surface area contributed by atoms with Gasteiger partial charge in [0.15, 0.2) is 0 Å². The van der Waals surface area contributed by atoms with E-state index in [9.17, 15) is 19.7 Å². The van der Waals surface area contributed by atoms with Gasteiger partial charge in [-0.3, -0.25) is 28.9 Å². The lowest BCUT2D eigenvalue weighted by Crippen LogP contribution is -2.22. The molecule has 24 heavy (non-hydrogen) atoms. The average molecular weight is 364 g/mol. The van der Waals surface area contributed by atoms with E-state index in [4.69, 9.17) is 12.2 Å². The minimum Gasteiger partial charge on any atom is -0.296 e. The summed E-state index contributed by atoms with van der Waals surface area (Å²) in [5.41, 5.74) is 0.796. The highest BCUT2D eigenvalue weighted by atomic mass is 32.2. The number of hydrogen-bond acceptors (Lipinski definition) is 6. The fourth-order valence-electron chi connectivity index (χ4n) is 2.51. The number of amides is 1. The quantitative estimate of drug-likeness (QED) is 0.348. The zero-order chi connectivity index (χ0) is 17.8. The van der Waals surface area contributed by atoms with E-state index in [0.29, 0.717) is 20.3 Å². The molecule has 8 nitrogen and oxygen atoms in total. The van der Waals surface area contributed by atoms with Crippen LogP contribution in [0, 0.1) is 10.1 Å². The van der Waals surface area contributed by atoms with Crippen LogP contribution in [-0.2, 0) is 18.9 Å². The maximum Gasteiger partial charge on any atom is 0.328 e. The van der Waals surface area contributed by atoms with Crippen LogP contribution >= 0.6 is 24.0 Å². The molecule has 1 saturated heterocycles. The molecule has 0 atom stereocenters. The molecule has 0 unspecified atom stereocenters. The van der Waals surface area contributed by atoms with Gasteiger partial charge < -0.3 is 0 Å². The summed E-state index contributed by atoms with van der Waals surface area (Å²) in [5, 5.41) is 11.4. The lowest BCUT2D eigenvalue weighted by Gasteiger charge is -2.04. The van der Waals surface area contributed by atoms with Crippen molar-refractivity contribution < 1.29 is 9.72 Å². The van der Waals surface area contributed by atoms with E-state index in [1.807, 2.05) is 0 Å². The second-order valence-electron chi connectivity index (χ2n) is 5.30. The molecule has 0 bridgehead atoms. The summed E-state index contributed by atoms with van der Waals surface area (Å²) < 4.78 is 3.14. The van der Waals surface area contributed by atoms with Crippen molar-refractivity contribution >= 4 is 57.0 Å². The zero-order valence-electron chi connectivity index (χ0n) is 13.0. The topological polar surface area (TPSA) is 90.4 Å². The lowest BCUT2D eigenvalue weighted by molar-refractivity contribution is -0.385. The van der Waals surface area contributed by atoms with Crippen LogP contribution in [0.25, 0.3) is 17.1 Å². The summed E-state index contributed by atoms with van der Waals surface area (Å²) in [7, 11) is 4.69. The second-order valence-corrected chi connectivity index (χ2v) is 6.97. The van der Waals surface area contributed by atoms with Crippen molar-refractivity contribution in [3.8, 4) is 0 Å². The number of rotatable bonds is 2. The lowest BCUT2D eigenvalue weighted by atomic mass is 10.1. The van der Waals surface area contributed by atoms with Crippen LogP contribution in [0.5, 0.6) is 0 Å². The number of carbonyl (C=O) groups is 1. The second kappa shape index (κ2) is 5.56. The molecule has 2 heterocycles. The molecule has 0 radical (unpaired) electrons. The Morgan fingerprint density at radius 1 is 1.17 bits per heavy atom. The van der Waals surface area contributed by atoms with Crippen molar-refractivity contribution in [3.05, 3.63) is 43.2 Å². The van der Waals surface area contributed by atoms with E-state index in [1.54, 1.807) is 21.1 Å². The number of hydrogen-bond donors (Lipinski definition) is 0. The largest absolute Gasteiger partial charge is 0.328 e. The fourth-order valence-corrected chi connectivity index (χ4v) is 3.68. The fraction of sp³-hybridized carbons (Fsp3) is 0.214. The number of nitrogens with zero attached hydrogens (tertiary/aromatic N) is 4. The predicted octanol–water partition coefficient (Wildman–Crippen LogP) is 1.62. The molecular weight excluding hydrogens is 352 g/mol. The van der Waals surface area contributed by atoms with Gasteiger partial charge in [0.25, 0.3) is 11.6 Å². The summed E-state index contributed by atoms with van der Waals surface area (Å²) in [5.74, 6) is -0.304. The third-order valence-electron chi connectivity index (χ3n) is 3.89. The Labute approximate surface area is 145 Å². The molecule has 10 heteroatoms. The summed E-state index contributed by atoms with van der Waals surface area (Å²) in [4.78, 5) is 36.6. The van der Waals surface area contributed by atoms with Gasteiger partial charge in [0.05, 0.1) is 26.4 Å². The highest BCUT2D eigenvalue weighted by Gasteiger charge is 2.30. The first-order valence-corrected chi connectivity index (χ1v) is 8.00. The molecule has 0 aliphatic carbocycles. The Morgan fingerprint density at radius 3 is 2.25 bits per heavy atom. The monoisotopic (exact) mass is 364 g/mol. The van der Waals surface area contributed by atoms with Crippen molar-refractivity contribution in [3.63, 3.8) is 0 Å². The van der Waals surface area contributed by atoms with Crippen LogP contribution in [-0.4, -0.2) is 36.2 Å². The highest BCUT2D eigenvalue weighted by Crippen LogP contribution is 2.34. The molecule has 1 aliphatic rings.